The second kappa shape index (κ2) is 3.97. The smallest absolute Gasteiger partial charge is 0.158 e. The third-order valence-electron chi connectivity index (χ3n) is 6.14. The van der Waals surface area contributed by atoms with Crippen molar-refractivity contribution in [3.05, 3.63) is 0 Å². The summed E-state index contributed by atoms with van der Waals surface area (Å²) >= 11 is 0. The van der Waals surface area contributed by atoms with E-state index in [4.69, 9.17) is 4.74 Å². The van der Waals surface area contributed by atoms with E-state index in [0.29, 0.717) is 25.2 Å². The van der Waals surface area contributed by atoms with E-state index >= 15 is 0 Å². The normalized spacial score (nSPS) is 49.6. The van der Waals surface area contributed by atoms with Crippen molar-refractivity contribution in [1.29, 1.82) is 0 Å². The average molecular weight is 284 g/mol. The standard InChI is InChI=1S/C16H28O4/c1-10(13(2,3)4)12(17)20-16-7-11-5-14(18,9-16)8-15(16,19)6-11/h10-12,17-19H,5-9H2,1-4H3. The SMILES string of the molecule is CC(C(O)OC12CC3CC(O)(CC1(O)C3)C2)C(C)(C)C. The first-order chi connectivity index (χ1) is 8.99. The lowest BCUT2D eigenvalue weighted by Crippen LogP contribution is -2.51. The molecule has 20 heavy (non-hydrogen) atoms. The molecule has 0 spiro atoms. The van der Waals surface area contributed by atoms with Crippen molar-refractivity contribution >= 4 is 0 Å². The summed E-state index contributed by atoms with van der Waals surface area (Å²) in [6, 6.07) is 0. The van der Waals surface area contributed by atoms with Crippen molar-refractivity contribution in [2.75, 3.05) is 0 Å². The zero-order valence-corrected chi connectivity index (χ0v) is 13.0. The summed E-state index contributed by atoms with van der Waals surface area (Å²) in [7, 11) is 0. The Balaban J connectivity index is 1.81. The zero-order chi connectivity index (χ0) is 15.0. The molecule has 0 aromatic heterocycles. The van der Waals surface area contributed by atoms with Gasteiger partial charge in [0, 0.05) is 18.8 Å². The van der Waals surface area contributed by atoms with Crippen molar-refractivity contribution < 1.29 is 20.1 Å². The van der Waals surface area contributed by atoms with Gasteiger partial charge in [0.15, 0.2) is 6.29 Å². The number of aliphatic hydroxyl groups excluding tert-OH is 1. The first kappa shape index (κ1) is 14.8. The number of rotatable bonds is 3. The Morgan fingerprint density at radius 3 is 2.30 bits per heavy atom. The second-order valence-corrected chi connectivity index (χ2v) is 8.75. The first-order valence-corrected chi connectivity index (χ1v) is 7.79. The summed E-state index contributed by atoms with van der Waals surface area (Å²) in [5.41, 5.74) is -2.56. The molecule has 6 unspecified atom stereocenters. The fraction of sp³-hybridized carbons (Fsp3) is 1.00. The topological polar surface area (TPSA) is 69.9 Å². The lowest BCUT2D eigenvalue weighted by atomic mass is 9.77. The van der Waals surface area contributed by atoms with E-state index in [1.807, 2.05) is 6.92 Å². The molecule has 3 N–H and O–H groups in total. The van der Waals surface area contributed by atoms with E-state index < -0.39 is 23.1 Å². The van der Waals surface area contributed by atoms with E-state index in [0.717, 1.165) is 12.8 Å². The van der Waals surface area contributed by atoms with Gasteiger partial charge in [0.1, 0.15) is 5.60 Å². The van der Waals surface area contributed by atoms with E-state index in [9.17, 15) is 15.3 Å². The van der Waals surface area contributed by atoms with Crippen LogP contribution in [0.5, 0.6) is 0 Å². The molecule has 4 bridgehead atoms. The van der Waals surface area contributed by atoms with E-state index in [-0.39, 0.29) is 11.3 Å². The van der Waals surface area contributed by atoms with Crippen LogP contribution in [0.25, 0.3) is 0 Å². The highest BCUT2D eigenvalue weighted by atomic mass is 16.6. The van der Waals surface area contributed by atoms with Crippen molar-refractivity contribution in [1.82, 2.24) is 0 Å². The van der Waals surface area contributed by atoms with Gasteiger partial charge in [-0.3, -0.25) is 0 Å². The van der Waals surface area contributed by atoms with Gasteiger partial charge in [-0.1, -0.05) is 27.7 Å². The van der Waals surface area contributed by atoms with Crippen LogP contribution in [-0.4, -0.2) is 38.4 Å². The molecular formula is C16H28O4. The number of hydrogen-bond acceptors (Lipinski definition) is 4. The van der Waals surface area contributed by atoms with Gasteiger partial charge in [0.05, 0.1) is 11.2 Å². The molecule has 116 valence electrons. The van der Waals surface area contributed by atoms with Gasteiger partial charge in [-0.05, 0) is 30.6 Å². The lowest BCUT2D eigenvalue weighted by Gasteiger charge is -2.42. The van der Waals surface area contributed by atoms with Crippen LogP contribution in [0.3, 0.4) is 0 Å². The predicted molar refractivity (Wildman–Crippen MR) is 74.9 cm³/mol. The van der Waals surface area contributed by atoms with Crippen LogP contribution in [-0.2, 0) is 4.74 Å². The monoisotopic (exact) mass is 284 g/mol. The van der Waals surface area contributed by atoms with Crippen molar-refractivity contribution in [2.24, 2.45) is 17.3 Å². The Kier molecular flexibility index (Phi) is 2.93. The van der Waals surface area contributed by atoms with Crippen molar-refractivity contribution in [3.63, 3.8) is 0 Å². The Hall–Kier alpha value is -0.160. The Morgan fingerprint density at radius 1 is 1.10 bits per heavy atom. The van der Waals surface area contributed by atoms with Gasteiger partial charge in [-0.15, -0.1) is 0 Å². The number of ether oxygens (including phenoxy) is 1. The summed E-state index contributed by atoms with van der Waals surface area (Å²) in [5.74, 6) is 0.290. The Bertz CT molecular complexity index is 417. The summed E-state index contributed by atoms with van der Waals surface area (Å²) in [6.45, 7) is 8.19. The minimum Gasteiger partial charge on any atom is -0.390 e. The molecule has 0 aromatic carbocycles. The third-order valence-corrected chi connectivity index (χ3v) is 6.14. The number of aliphatic hydroxyl groups is 3. The van der Waals surface area contributed by atoms with Crippen LogP contribution >= 0.6 is 0 Å². The Morgan fingerprint density at radius 2 is 1.75 bits per heavy atom. The molecule has 4 nitrogen and oxygen atoms in total. The summed E-state index contributed by atoms with van der Waals surface area (Å²) in [4.78, 5) is 0. The van der Waals surface area contributed by atoms with Gasteiger partial charge >= 0.3 is 0 Å². The van der Waals surface area contributed by atoms with Gasteiger partial charge < -0.3 is 20.1 Å². The first-order valence-electron chi connectivity index (χ1n) is 7.79. The largest absolute Gasteiger partial charge is 0.390 e. The molecule has 4 fully saturated rings. The molecule has 0 heterocycles. The van der Waals surface area contributed by atoms with Crippen molar-refractivity contribution in [2.45, 2.75) is 82.9 Å². The van der Waals surface area contributed by atoms with Gasteiger partial charge in [0.2, 0.25) is 0 Å². The van der Waals surface area contributed by atoms with Crippen LogP contribution in [0.4, 0.5) is 0 Å². The Labute approximate surface area is 121 Å². The van der Waals surface area contributed by atoms with Gasteiger partial charge in [-0.2, -0.15) is 0 Å². The molecule has 4 aliphatic carbocycles. The van der Waals surface area contributed by atoms with Crippen LogP contribution in [0.2, 0.25) is 0 Å². The summed E-state index contributed by atoms with van der Waals surface area (Å²) < 4.78 is 6.03. The molecule has 0 aromatic rings. The minimum absolute atomic E-state index is 0.0340. The van der Waals surface area contributed by atoms with E-state index in [2.05, 4.69) is 20.8 Å². The van der Waals surface area contributed by atoms with E-state index in [1.54, 1.807) is 0 Å². The fourth-order valence-corrected chi connectivity index (χ4v) is 4.79. The highest BCUT2D eigenvalue weighted by Crippen LogP contribution is 2.66. The highest BCUT2D eigenvalue weighted by molar-refractivity contribution is 5.24. The average Bonchev–Trinajstić information content (AvgIpc) is 2.50. The molecule has 0 aliphatic heterocycles. The van der Waals surface area contributed by atoms with Crippen LogP contribution in [0.15, 0.2) is 0 Å². The van der Waals surface area contributed by atoms with Crippen LogP contribution < -0.4 is 0 Å². The molecule has 0 saturated heterocycles. The van der Waals surface area contributed by atoms with E-state index in [1.165, 1.54) is 0 Å². The van der Waals surface area contributed by atoms with Crippen LogP contribution in [0, 0.1) is 17.3 Å². The lowest BCUT2D eigenvalue weighted by molar-refractivity contribution is -0.258. The highest BCUT2D eigenvalue weighted by Gasteiger charge is 2.73. The summed E-state index contributed by atoms with van der Waals surface area (Å²) in [6.07, 6.45) is 2.19. The van der Waals surface area contributed by atoms with Gasteiger partial charge in [0.25, 0.3) is 0 Å². The van der Waals surface area contributed by atoms with Gasteiger partial charge in [-0.25, -0.2) is 0 Å². The molecule has 6 atom stereocenters. The quantitative estimate of drug-likeness (QED) is 0.691. The van der Waals surface area contributed by atoms with Crippen molar-refractivity contribution in [3.8, 4) is 0 Å². The van der Waals surface area contributed by atoms with Crippen LogP contribution in [0.1, 0.15) is 59.8 Å². The minimum atomic E-state index is -0.955. The second-order valence-electron chi connectivity index (χ2n) is 8.75. The molecule has 4 aliphatic rings. The maximum atomic E-state index is 10.9. The number of hydrogen-bond donors (Lipinski definition) is 3. The zero-order valence-electron chi connectivity index (χ0n) is 13.0. The summed E-state index contributed by atoms with van der Waals surface area (Å²) in [5, 5.41) is 31.9. The molecule has 0 radical (unpaired) electrons. The molecular weight excluding hydrogens is 256 g/mol. The third kappa shape index (κ3) is 1.96. The molecule has 4 saturated carbocycles. The molecule has 4 heteroatoms. The molecule has 4 rings (SSSR count). The fourth-order valence-electron chi connectivity index (χ4n) is 4.79. The maximum absolute atomic E-state index is 10.9. The predicted octanol–water partition coefficient (Wildman–Crippen LogP) is 1.81. The maximum Gasteiger partial charge on any atom is 0.158 e. The molecule has 0 amide bonds.